The summed E-state index contributed by atoms with van der Waals surface area (Å²) in [5.41, 5.74) is 1.51. The van der Waals surface area contributed by atoms with Crippen LogP contribution in [0.4, 0.5) is 0 Å². The smallest absolute Gasteiger partial charge is 0.0175 e. The Hall–Kier alpha value is -0.340. The molecule has 0 heterocycles. The van der Waals surface area contributed by atoms with Gasteiger partial charge in [-0.3, -0.25) is 0 Å². The molecule has 2 aliphatic carbocycles. The van der Waals surface area contributed by atoms with Crippen molar-refractivity contribution in [3.63, 3.8) is 0 Å². The summed E-state index contributed by atoms with van der Waals surface area (Å²) in [6, 6.07) is 9.60. The van der Waals surface area contributed by atoms with Crippen LogP contribution in [-0.2, 0) is 0 Å². The number of hydrogen-bond donors (Lipinski definition) is 1. The predicted octanol–water partition coefficient (Wildman–Crippen LogP) is 3.94. The van der Waals surface area contributed by atoms with E-state index in [1.807, 2.05) is 0 Å². The minimum absolute atomic E-state index is 0.774. The van der Waals surface area contributed by atoms with E-state index in [2.05, 4.69) is 52.4 Å². The maximum Gasteiger partial charge on any atom is 0.0175 e. The molecule has 2 heteroatoms. The lowest BCUT2D eigenvalue weighted by molar-refractivity contribution is 0.287. The van der Waals surface area contributed by atoms with Crippen molar-refractivity contribution >= 4 is 15.9 Å². The van der Waals surface area contributed by atoms with Gasteiger partial charge in [-0.05, 0) is 61.3 Å². The predicted molar refractivity (Wildman–Crippen MR) is 75.2 cm³/mol. The van der Waals surface area contributed by atoms with Gasteiger partial charge in [0.15, 0.2) is 0 Å². The molecule has 2 aliphatic rings. The molecule has 0 saturated heterocycles. The first-order valence-corrected chi connectivity index (χ1v) is 7.50. The van der Waals surface area contributed by atoms with E-state index in [9.17, 15) is 0 Å². The molecule has 1 N–H and O–H groups in total. The highest BCUT2D eigenvalue weighted by atomic mass is 79.9. The molecule has 1 nitrogen and oxygen atoms in total. The Morgan fingerprint density at radius 3 is 2.41 bits per heavy atom. The van der Waals surface area contributed by atoms with E-state index in [1.165, 1.54) is 35.8 Å². The van der Waals surface area contributed by atoms with Crippen molar-refractivity contribution in [2.45, 2.75) is 38.1 Å². The molecule has 0 bridgehead atoms. The summed E-state index contributed by atoms with van der Waals surface area (Å²) < 4.78 is 1.18. The van der Waals surface area contributed by atoms with Gasteiger partial charge in [0.25, 0.3) is 0 Å². The topological polar surface area (TPSA) is 12.0 Å². The molecule has 2 unspecified atom stereocenters. The zero-order valence-electron chi connectivity index (χ0n) is 10.3. The minimum Gasteiger partial charge on any atom is -0.314 e. The Labute approximate surface area is 112 Å². The lowest BCUT2D eigenvalue weighted by Crippen LogP contribution is -2.41. The van der Waals surface area contributed by atoms with Crippen LogP contribution in [0.15, 0.2) is 28.7 Å². The first kappa shape index (κ1) is 11.7. The van der Waals surface area contributed by atoms with Gasteiger partial charge < -0.3 is 5.32 Å². The van der Waals surface area contributed by atoms with Crippen LogP contribution in [0.3, 0.4) is 0 Å². The average molecular weight is 294 g/mol. The van der Waals surface area contributed by atoms with Crippen LogP contribution in [-0.4, -0.2) is 12.6 Å². The molecular formula is C15H20BrN. The lowest BCUT2D eigenvalue weighted by atomic mass is 9.76. The molecule has 0 spiro atoms. The number of rotatable bonds is 4. The van der Waals surface area contributed by atoms with Crippen LogP contribution in [0.25, 0.3) is 0 Å². The zero-order chi connectivity index (χ0) is 11.8. The average Bonchev–Trinajstić information content (AvgIpc) is 2.95. The van der Waals surface area contributed by atoms with Crippen molar-refractivity contribution in [3.8, 4) is 0 Å². The second-order valence-corrected chi connectivity index (χ2v) is 6.71. The standard InChI is InChI=1S/C15H20BrN/c1-10-6-13(10)9-17-15-7-12(8-15)11-2-4-14(16)5-3-11/h2-5,10,12-13,15,17H,6-9H2,1H3. The Morgan fingerprint density at radius 2 is 1.82 bits per heavy atom. The summed E-state index contributed by atoms with van der Waals surface area (Å²) in [6.45, 7) is 3.61. The minimum atomic E-state index is 0.774. The Kier molecular flexibility index (Phi) is 3.27. The van der Waals surface area contributed by atoms with Gasteiger partial charge in [-0.25, -0.2) is 0 Å². The molecular weight excluding hydrogens is 274 g/mol. The van der Waals surface area contributed by atoms with Crippen LogP contribution in [0.5, 0.6) is 0 Å². The van der Waals surface area contributed by atoms with Crippen molar-refractivity contribution in [2.75, 3.05) is 6.54 Å². The molecule has 0 radical (unpaired) electrons. The highest BCUT2D eigenvalue weighted by Crippen LogP contribution is 2.40. The lowest BCUT2D eigenvalue weighted by Gasteiger charge is -2.36. The van der Waals surface area contributed by atoms with E-state index in [0.717, 1.165) is 23.8 Å². The fraction of sp³-hybridized carbons (Fsp3) is 0.600. The number of benzene rings is 1. The highest BCUT2D eigenvalue weighted by molar-refractivity contribution is 9.10. The number of hydrogen-bond acceptors (Lipinski definition) is 1. The first-order chi connectivity index (χ1) is 8.22. The van der Waals surface area contributed by atoms with Gasteiger partial charge in [0, 0.05) is 10.5 Å². The van der Waals surface area contributed by atoms with Gasteiger partial charge >= 0.3 is 0 Å². The second-order valence-electron chi connectivity index (χ2n) is 5.80. The van der Waals surface area contributed by atoms with Gasteiger partial charge in [-0.15, -0.1) is 0 Å². The van der Waals surface area contributed by atoms with Crippen molar-refractivity contribution in [2.24, 2.45) is 11.8 Å². The molecule has 1 aromatic carbocycles. The monoisotopic (exact) mass is 293 g/mol. The maximum absolute atomic E-state index is 3.71. The summed E-state index contributed by atoms with van der Waals surface area (Å²) in [5, 5.41) is 3.71. The Bertz CT molecular complexity index is 380. The van der Waals surface area contributed by atoms with Crippen molar-refractivity contribution in [3.05, 3.63) is 34.3 Å². The summed E-state index contributed by atoms with van der Waals surface area (Å²) in [6.07, 6.45) is 4.08. The van der Waals surface area contributed by atoms with E-state index >= 15 is 0 Å². The van der Waals surface area contributed by atoms with Gasteiger partial charge in [0.2, 0.25) is 0 Å². The number of halogens is 1. The Balaban J connectivity index is 1.43. The van der Waals surface area contributed by atoms with Crippen LogP contribution in [0, 0.1) is 11.8 Å². The second kappa shape index (κ2) is 4.74. The molecule has 2 fully saturated rings. The molecule has 2 saturated carbocycles. The van der Waals surface area contributed by atoms with E-state index in [-0.39, 0.29) is 0 Å². The summed E-state index contributed by atoms with van der Waals surface area (Å²) in [7, 11) is 0. The van der Waals surface area contributed by atoms with E-state index in [0.29, 0.717) is 0 Å². The summed E-state index contributed by atoms with van der Waals surface area (Å²) in [5.74, 6) is 2.74. The SMILES string of the molecule is CC1CC1CNC1CC(c2ccc(Br)cc2)C1. The molecule has 1 aromatic rings. The largest absolute Gasteiger partial charge is 0.314 e. The fourth-order valence-electron chi connectivity index (χ4n) is 2.79. The van der Waals surface area contributed by atoms with E-state index in [4.69, 9.17) is 0 Å². The molecule has 92 valence electrons. The Morgan fingerprint density at radius 1 is 1.18 bits per heavy atom. The maximum atomic E-state index is 3.71. The highest BCUT2D eigenvalue weighted by Gasteiger charge is 2.35. The third-order valence-electron chi connectivity index (χ3n) is 4.42. The van der Waals surface area contributed by atoms with E-state index in [1.54, 1.807) is 0 Å². The molecule has 0 aliphatic heterocycles. The molecule has 2 atom stereocenters. The third kappa shape index (κ3) is 2.74. The van der Waals surface area contributed by atoms with Crippen molar-refractivity contribution < 1.29 is 0 Å². The molecule has 3 rings (SSSR count). The normalized spacial score (nSPS) is 35.4. The van der Waals surface area contributed by atoms with Gasteiger partial charge in [0.1, 0.15) is 0 Å². The molecule has 0 aromatic heterocycles. The quantitative estimate of drug-likeness (QED) is 0.887. The van der Waals surface area contributed by atoms with E-state index < -0.39 is 0 Å². The molecule has 0 amide bonds. The van der Waals surface area contributed by atoms with Crippen LogP contribution >= 0.6 is 15.9 Å². The van der Waals surface area contributed by atoms with Crippen LogP contribution in [0.1, 0.15) is 37.7 Å². The van der Waals surface area contributed by atoms with Crippen molar-refractivity contribution in [1.29, 1.82) is 0 Å². The number of nitrogens with one attached hydrogen (secondary N) is 1. The summed E-state index contributed by atoms with van der Waals surface area (Å²) >= 11 is 3.49. The van der Waals surface area contributed by atoms with Crippen molar-refractivity contribution in [1.82, 2.24) is 5.32 Å². The fourth-order valence-corrected chi connectivity index (χ4v) is 3.06. The zero-order valence-corrected chi connectivity index (χ0v) is 11.9. The van der Waals surface area contributed by atoms with Gasteiger partial charge in [-0.1, -0.05) is 35.0 Å². The van der Waals surface area contributed by atoms with Gasteiger partial charge in [0.05, 0.1) is 0 Å². The third-order valence-corrected chi connectivity index (χ3v) is 4.95. The van der Waals surface area contributed by atoms with Crippen LogP contribution in [0.2, 0.25) is 0 Å². The summed E-state index contributed by atoms with van der Waals surface area (Å²) in [4.78, 5) is 0. The van der Waals surface area contributed by atoms with Crippen LogP contribution < -0.4 is 5.32 Å². The van der Waals surface area contributed by atoms with Gasteiger partial charge in [-0.2, -0.15) is 0 Å². The molecule has 17 heavy (non-hydrogen) atoms. The first-order valence-electron chi connectivity index (χ1n) is 6.71.